The van der Waals surface area contributed by atoms with Crippen molar-refractivity contribution in [1.29, 1.82) is 0 Å². The third-order valence-corrected chi connectivity index (χ3v) is 6.35. The lowest BCUT2D eigenvalue weighted by Gasteiger charge is -2.35. The van der Waals surface area contributed by atoms with E-state index in [9.17, 15) is 9.18 Å². The number of methoxy groups -OCH3 is 1. The Bertz CT molecular complexity index is 1450. The van der Waals surface area contributed by atoms with E-state index >= 15 is 4.39 Å². The smallest absolute Gasteiger partial charge is 0.246 e. The molecule has 1 saturated heterocycles. The first kappa shape index (κ1) is 22.0. The average Bonchev–Trinajstić information content (AvgIpc) is 3.34. The van der Waals surface area contributed by atoms with Crippen molar-refractivity contribution in [3.63, 3.8) is 0 Å². The van der Waals surface area contributed by atoms with Gasteiger partial charge in [0.2, 0.25) is 5.91 Å². The maximum Gasteiger partial charge on any atom is 0.246 e. The number of hydrogen-bond donors (Lipinski definition) is 1. The number of piperazine rings is 1. The number of amides is 1. The van der Waals surface area contributed by atoms with Crippen LogP contribution in [0, 0.1) is 11.6 Å². The van der Waals surface area contributed by atoms with Crippen molar-refractivity contribution in [1.82, 2.24) is 25.1 Å². The van der Waals surface area contributed by atoms with Crippen molar-refractivity contribution in [2.24, 2.45) is 0 Å². The predicted molar refractivity (Wildman–Crippen MR) is 125 cm³/mol. The molecule has 2 aromatic heterocycles. The van der Waals surface area contributed by atoms with Gasteiger partial charge in [0, 0.05) is 42.7 Å². The molecule has 34 heavy (non-hydrogen) atoms. The SMILES string of the molecule is C=CC(=O)N1CCN(c2ncnc3c(F)c(-c4c(F)ccc5[nH]ncc45)c(Cl)c(OC)c23)CC1. The average molecular weight is 485 g/mol. The fourth-order valence-electron chi connectivity index (χ4n) is 4.35. The van der Waals surface area contributed by atoms with Crippen LogP contribution in [0.4, 0.5) is 14.6 Å². The second kappa shape index (κ2) is 8.53. The van der Waals surface area contributed by atoms with Crippen LogP contribution in [0.1, 0.15) is 0 Å². The van der Waals surface area contributed by atoms with E-state index < -0.39 is 11.6 Å². The maximum absolute atomic E-state index is 16.0. The Kier molecular flexibility index (Phi) is 5.52. The van der Waals surface area contributed by atoms with Crippen LogP contribution in [0.5, 0.6) is 5.75 Å². The van der Waals surface area contributed by atoms with Gasteiger partial charge in [0.15, 0.2) is 11.6 Å². The minimum Gasteiger partial charge on any atom is -0.494 e. The van der Waals surface area contributed by atoms with E-state index in [1.54, 1.807) is 4.90 Å². The number of halogens is 3. The lowest BCUT2D eigenvalue weighted by molar-refractivity contribution is -0.126. The molecule has 0 atom stereocenters. The molecular weight excluding hydrogens is 466 g/mol. The molecule has 1 aliphatic heterocycles. The molecular formula is C23H19ClF2N6O2. The van der Waals surface area contributed by atoms with E-state index in [2.05, 4.69) is 26.7 Å². The monoisotopic (exact) mass is 484 g/mol. The summed E-state index contributed by atoms with van der Waals surface area (Å²) in [4.78, 5) is 24.0. The normalized spacial score (nSPS) is 14.1. The molecule has 1 amide bonds. The Morgan fingerprint density at radius 2 is 1.97 bits per heavy atom. The van der Waals surface area contributed by atoms with Gasteiger partial charge in [0.05, 0.1) is 29.2 Å². The number of carbonyl (C=O) groups excluding carboxylic acids is 1. The summed E-state index contributed by atoms with van der Waals surface area (Å²) in [5, 5.41) is 7.24. The third kappa shape index (κ3) is 3.33. The molecule has 4 aromatic rings. The molecule has 5 rings (SSSR count). The van der Waals surface area contributed by atoms with Gasteiger partial charge in [0.25, 0.3) is 0 Å². The third-order valence-electron chi connectivity index (χ3n) is 5.99. The number of carbonyl (C=O) groups is 1. The van der Waals surface area contributed by atoms with Crippen LogP contribution in [0.3, 0.4) is 0 Å². The van der Waals surface area contributed by atoms with E-state index in [-0.39, 0.29) is 38.7 Å². The van der Waals surface area contributed by atoms with E-state index in [0.717, 1.165) is 0 Å². The first-order valence-corrected chi connectivity index (χ1v) is 10.8. The van der Waals surface area contributed by atoms with Crippen molar-refractivity contribution in [3.05, 3.63) is 54.0 Å². The van der Waals surface area contributed by atoms with Gasteiger partial charge >= 0.3 is 0 Å². The number of H-pyrrole nitrogens is 1. The van der Waals surface area contributed by atoms with Crippen molar-refractivity contribution >= 4 is 45.1 Å². The van der Waals surface area contributed by atoms with Crippen LogP contribution in [-0.2, 0) is 4.79 Å². The number of nitrogens with one attached hydrogen (secondary N) is 1. The molecule has 0 bridgehead atoms. The molecule has 11 heteroatoms. The van der Waals surface area contributed by atoms with Crippen molar-refractivity contribution in [2.75, 3.05) is 38.2 Å². The molecule has 3 heterocycles. The highest BCUT2D eigenvalue weighted by Gasteiger charge is 2.30. The van der Waals surface area contributed by atoms with E-state index in [1.807, 2.05) is 4.90 Å². The van der Waals surface area contributed by atoms with Gasteiger partial charge in [0.1, 0.15) is 23.5 Å². The van der Waals surface area contributed by atoms with Crippen molar-refractivity contribution < 1.29 is 18.3 Å². The van der Waals surface area contributed by atoms with E-state index in [0.29, 0.717) is 42.9 Å². The highest BCUT2D eigenvalue weighted by atomic mass is 35.5. The summed E-state index contributed by atoms with van der Waals surface area (Å²) in [6.45, 7) is 5.32. The molecule has 0 saturated carbocycles. The second-order valence-corrected chi connectivity index (χ2v) is 8.11. The van der Waals surface area contributed by atoms with Crippen LogP contribution in [0.2, 0.25) is 5.02 Å². The number of aromatic amines is 1. The number of benzene rings is 2. The van der Waals surface area contributed by atoms with Crippen LogP contribution in [0.25, 0.3) is 32.9 Å². The molecule has 0 radical (unpaired) electrons. The Morgan fingerprint density at radius 3 is 2.68 bits per heavy atom. The first-order chi connectivity index (χ1) is 16.5. The topological polar surface area (TPSA) is 87.2 Å². The largest absolute Gasteiger partial charge is 0.494 e. The summed E-state index contributed by atoms with van der Waals surface area (Å²) < 4.78 is 36.6. The molecule has 174 valence electrons. The lowest BCUT2D eigenvalue weighted by Crippen LogP contribution is -2.48. The summed E-state index contributed by atoms with van der Waals surface area (Å²) in [5.41, 5.74) is 0.277. The van der Waals surface area contributed by atoms with Gasteiger partial charge in [-0.15, -0.1) is 0 Å². The first-order valence-electron chi connectivity index (χ1n) is 10.4. The number of nitrogens with zero attached hydrogens (tertiary/aromatic N) is 5. The minimum absolute atomic E-state index is 0.0364. The molecule has 1 aliphatic rings. The Hall–Kier alpha value is -3.79. The quantitative estimate of drug-likeness (QED) is 0.441. The molecule has 0 spiro atoms. The Balaban J connectivity index is 1.70. The summed E-state index contributed by atoms with van der Waals surface area (Å²) in [7, 11) is 1.40. The van der Waals surface area contributed by atoms with Gasteiger partial charge in [-0.3, -0.25) is 9.89 Å². The summed E-state index contributed by atoms with van der Waals surface area (Å²) in [6, 6.07) is 2.74. The van der Waals surface area contributed by atoms with Crippen LogP contribution < -0.4 is 9.64 Å². The molecule has 2 aromatic carbocycles. The van der Waals surface area contributed by atoms with Crippen LogP contribution >= 0.6 is 11.6 Å². The molecule has 1 fully saturated rings. The number of anilines is 1. The van der Waals surface area contributed by atoms with Gasteiger partial charge in [-0.1, -0.05) is 18.2 Å². The fourth-order valence-corrected chi connectivity index (χ4v) is 4.70. The summed E-state index contributed by atoms with van der Waals surface area (Å²) >= 11 is 6.66. The number of rotatable bonds is 4. The molecule has 0 unspecified atom stereocenters. The van der Waals surface area contributed by atoms with Crippen molar-refractivity contribution in [2.45, 2.75) is 0 Å². The van der Waals surface area contributed by atoms with Gasteiger partial charge in [-0.25, -0.2) is 18.7 Å². The summed E-state index contributed by atoms with van der Waals surface area (Å²) in [6.07, 6.45) is 3.93. The number of hydrogen-bond acceptors (Lipinski definition) is 6. The minimum atomic E-state index is -0.794. The highest BCUT2D eigenvalue weighted by Crippen LogP contribution is 2.47. The lowest BCUT2D eigenvalue weighted by atomic mass is 9.98. The van der Waals surface area contributed by atoms with Gasteiger partial charge in [-0.2, -0.15) is 5.10 Å². The van der Waals surface area contributed by atoms with Crippen LogP contribution in [-0.4, -0.2) is 64.3 Å². The zero-order valence-corrected chi connectivity index (χ0v) is 18.9. The zero-order valence-electron chi connectivity index (χ0n) is 18.1. The molecule has 1 N–H and O–H groups in total. The Labute approximate surface area is 197 Å². The summed E-state index contributed by atoms with van der Waals surface area (Å²) in [5.74, 6) is -1.06. The van der Waals surface area contributed by atoms with E-state index in [1.165, 1.54) is 37.8 Å². The van der Waals surface area contributed by atoms with Crippen LogP contribution in [0.15, 0.2) is 37.3 Å². The number of aromatic nitrogens is 4. The number of fused-ring (bicyclic) bond motifs is 2. The van der Waals surface area contributed by atoms with Gasteiger partial charge in [-0.05, 0) is 18.2 Å². The zero-order chi connectivity index (χ0) is 24.0. The maximum atomic E-state index is 16.0. The molecule has 0 aliphatic carbocycles. The number of ether oxygens (including phenoxy) is 1. The predicted octanol–water partition coefficient (Wildman–Crippen LogP) is 3.95. The van der Waals surface area contributed by atoms with Gasteiger partial charge < -0.3 is 14.5 Å². The second-order valence-electron chi connectivity index (χ2n) is 7.73. The standard InChI is InChI=1S/C23H19ClF2N6O2/c1-3-15(33)31-6-8-32(9-7-31)23-18-21(27-11-28-23)20(26)17(19(24)22(18)34-2)16-12-10-29-30-14(12)5-4-13(16)25/h3-5,10-11H,1,6-9H2,2H3,(H,29,30). The highest BCUT2D eigenvalue weighted by molar-refractivity contribution is 6.37. The van der Waals surface area contributed by atoms with E-state index in [4.69, 9.17) is 16.3 Å². The van der Waals surface area contributed by atoms with Crippen molar-refractivity contribution in [3.8, 4) is 16.9 Å². The molecule has 8 nitrogen and oxygen atoms in total. The Morgan fingerprint density at radius 1 is 1.21 bits per heavy atom. The fraction of sp³-hybridized carbons (Fsp3) is 0.217.